The van der Waals surface area contributed by atoms with Crippen LogP contribution < -0.4 is 9.77 Å². The number of anilines is 1. The number of nitrogens with zero attached hydrogens (tertiary/aromatic N) is 1. The van der Waals surface area contributed by atoms with Crippen LogP contribution in [0.5, 0.6) is 0 Å². The molecule has 3 fully saturated rings. The number of nitrogens with one attached hydrogen (secondary N) is 1. The van der Waals surface area contributed by atoms with Crippen molar-refractivity contribution in [3.05, 3.63) is 80.3 Å². The van der Waals surface area contributed by atoms with Crippen LogP contribution in [0.15, 0.2) is 64.4 Å². The number of hydrogen-bond donors (Lipinski definition) is 1. The summed E-state index contributed by atoms with van der Waals surface area (Å²) in [7, 11) is 0. The summed E-state index contributed by atoms with van der Waals surface area (Å²) in [6.45, 7) is 0. The lowest BCUT2D eigenvalue weighted by atomic mass is 9.68. The van der Waals surface area contributed by atoms with E-state index in [0.717, 1.165) is 38.9 Å². The molecule has 10 heteroatoms. The second-order valence-electron chi connectivity index (χ2n) is 9.93. The molecule has 1 aromatic heterocycles. The molecular weight excluding hydrogens is 509 g/mol. The minimum absolute atomic E-state index is 0.0210. The number of thiazole rings is 1. The molecule has 2 bridgehead atoms. The highest BCUT2D eigenvalue weighted by atomic mass is 32.2. The number of rotatable bonds is 2. The smallest absolute Gasteiger partial charge is 0.307 e. The maximum absolute atomic E-state index is 13.7. The Hall–Kier alpha value is -2.85. The van der Waals surface area contributed by atoms with Gasteiger partial charge in [-0.3, -0.25) is 19.3 Å². The van der Waals surface area contributed by atoms with Gasteiger partial charge in [0.05, 0.1) is 28.1 Å². The monoisotopic (exact) mass is 528 g/mol. The van der Waals surface area contributed by atoms with Gasteiger partial charge in [-0.05, 0) is 47.9 Å². The summed E-state index contributed by atoms with van der Waals surface area (Å²) in [6, 6.07) is 14.4. The van der Waals surface area contributed by atoms with Crippen LogP contribution in [-0.2, 0) is 15.8 Å². The SMILES string of the molecule is O=C1[C@@H]2[C@@H]3C[C@@H]([C@@H]2C(=O)N1c1cccc(C(F)(F)F)c1)[C@H]1[C@@H](c2ccccc2)c2sc(=O)[nH]c2S[C@H]31. The topological polar surface area (TPSA) is 70.2 Å². The van der Waals surface area contributed by atoms with E-state index in [1.165, 1.54) is 23.5 Å². The Morgan fingerprint density at radius 1 is 0.917 bits per heavy atom. The number of amides is 2. The Labute approximate surface area is 211 Å². The van der Waals surface area contributed by atoms with Gasteiger partial charge in [0.2, 0.25) is 11.8 Å². The van der Waals surface area contributed by atoms with E-state index in [2.05, 4.69) is 4.98 Å². The summed E-state index contributed by atoms with van der Waals surface area (Å²) in [5, 5.41) is 0.869. The third-order valence-electron chi connectivity index (χ3n) is 8.31. The van der Waals surface area contributed by atoms with E-state index < -0.39 is 35.4 Å². The Balaban J connectivity index is 1.30. The predicted molar refractivity (Wildman–Crippen MR) is 129 cm³/mol. The molecule has 2 aliphatic heterocycles. The molecule has 7 atom stereocenters. The van der Waals surface area contributed by atoms with Gasteiger partial charge in [-0.25, -0.2) is 0 Å². The molecule has 0 spiro atoms. The Kier molecular flexibility index (Phi) is 4.71. The quantitative estimate of drug-likeness (QED) is 0.468. The van der Waals surface area contributed by atoms with Crippen molar-refractivity contribution in [2.24, 2.45) is 29.6 Å². The second kappa shape index (κ2) is 7.58. The maximum atomic E-state index is 13.7. The lowest BCUT2D eigenvalue weighted by Crippen LogP contribution is -2.42. The van der Waals surface area contributed by atoms with E-state index in [9.17, 15) is 27.6 Å². The molecule has 2 amide bonds. The van der Waals surface area contributed by atoms with Crippen molar-refractivity contribution >= 4 is 40.6 Å². The lowest BCUT2D eigenvalue weighted by molar-refractivity contribution is -0.137. The van der Waals surface area contributed by atoms with Crippen molar-refractivity contribution in [1.82, 2.24) is 4.98 Å². The molecule has 0 radical (unpaired) electrons. The molecule has 3 aromatic rings. The Morgan fingerprint density at radius 2 is 1.64 bits per heavy atom. The molecule has 2 saturated carbocycles. The van der Waals surface area contributed by atoms with E-state index in [1.54, 1.807) is 11.8 Å². The minimum Gasteiger partial charge on any atom is -0.307 e. The number of carbonyl (C=O) groups excluding carboxylic acids is 2. The molecule has 1 saturated heterocycles. The highest BCUT2D eigenvalue weighted by molar-refractivity contribution is 8.00. The number of hydrogen-bond acceptors (Lipinski definition) is 5. The largest absolute Gasteiger partial charge is 0.416 e. The third-order valence-corrected chi connectivity index (χ3v) is 10.9. The van der Waals surface area contributed by atoms with Crippen LogP contribution in [0.4, 0.5) is 18.9 Å². The van der Waals surface area contributed by atoms with Crippen molar-refractivity contribution < 1.29 is 22.8 Å². The van der Waals surface area contributed by atoms with Crippen LogP contribution in [0.25, 0.3) is 0 Å². The van der Waals surface area contributed by atoms with Gasteiger partial charge in [0.25, 0.3) is 0 Å². The molecule has 184 valence electrons. The standard InChI is InChI=1S/C26H19F3N2O3S2/c27-26(28,29)12-7-4-8-13(9-12)31-23(32)18-14-10-15(19(18)24(31)33)20-17(14)16(11-5-2-1-3-6-11)21-22(35-20)30-25(34)36-21/h1-9,14-20H,10H2,(H,30,34)/t14-,15+,16-,17+,18+,19-,20-/m1/s1. The predicted octanol–water partition coefficient (Wildman–Crippen LogP) is 5.13. The number of aromatic nitrogens is 1. The Morgan fingerprint density at radius 3 is 2.36 bits per heavy atom. The summed E-state index contributed by atoms with van der Waals surface area (Å²) in [6.07, 6.45) is -3.84. The fraction of sp³-hybridized carbons (Fsp3) is 0.346. The van der Waals surface area contributed by atoms with Crippen LogP contribution in [0.2, 0.25) is 0 Å². The maximum Gasteiger partial charge on any atom is 0.416 e. The van der Waals surface area contributed by atoms with Gasteiger partial charge >= 0.3 is 11.0 Å². The van der Waals surface area contributed by atoms with Crippen LogP contribution in [0.1, 0.15) is 28.3 Å². The van der Waals surface area contributed by atoms with Gasteiger partial charge < -0.3 is 4.98 Å². The fourth-order valence-corrected chi connectivity index (χ4v) is 10.0. The number of alkyl halides is 3. The normalized spacial score (nSPS) is 32.5. The summed E-state index contributed by atoms with van der Waals surface area (Å²) >= 11 is 2.79. The minimum atomic E-state index is -4.57. The summed E-state index contributed by atoms with van der Waals surface area (Å²) in [5.74, 6) is -2.09. The summed E-state index contributed by atoms with van der Waals surface area (Å²) in [4.78, 5) is 44.3. The second-order valence-corrected chi connectivity index (χ2v) is 12.1. The molecule has 4 aliphatic rings. The van der Waals surface area contributed by atoms with E-state index >= 15 is 0 Å². The average Bonchev–Trinajstić information content (AvgIpc) is 3.58. The number of H-pyrrole nitrogens is 1. The molecule has 2 aliphatic carbocycles. The van der Waals surface area contributed by atoms with Gasteiger partial charge in [0, 0.05) is 16.0 Å². The first kappa shape index (κ1) is 22.4. The van der Waals surface area contributed by atoms with Crippen molar-refractivity contribution in [2.45, 2.75) is 28.8 Å². The van der Waals surface area contributed by atoms with Gasteiger partial charge in [0.15, 0.2) is 0 Å². The van der Waals surface area contributed by atoms with Crippen LogP contribution in [0.3, 0.4) is 0 Å². The fourth-order valence-electron chi connectivity index (χ4n) is 7.13. The molecule has 3 heterocycles. The van der Waals surface area contributed by atoms with Crippen molar-refractivity contribution in [3.63, 3.8) is 0 Å². The third kappa shape index (κ3) is 3.00. The number of halogens is 3. The van der Waals surface area contributed by atoms with Crippen molar-refractivity contribution in [3.8, 4) is 0 Å². The molecule has 36 heavy (non-hydrogen) atoms. The number of imide groups is 1. The molecule has 7 rings (SSSR count). The first-order valence-corrected chi connectivity index (χ1v) is 13.4. The summed E-state index contributed by atoms with van der Waals surface area (Å²) in [5.41, 5.74) is 0.162. The molecule has 1 N–H and O–H groups in total. The van der Waals surface area contributed by atoms with Gasteiger partial charge in [0.1, 0.15) is 0 Å². The zero-order valence-corrected chi connectivity index (χ0v) is 20.2. The van der Waals surface area contributed by atoms with Crippen molar-refractivity contribution in [1.29, 1.82) is 0 Å². The van der Waals surface area contributed by atoms with Crippen molar-refractivity contribution in [2.75, 3.05) is 4.90 Å². The van der Waals surface area contributed by atoms with Gasteiger partial charge in [-0.2, -0.15) is 13.2 Å². The lowest BCUT2D eigenvalue weighted by Gasteiger charge is -2.43. The number of benzene rings is 2. The molecule has 5 nitrogen and oxygen atoms in total. The highest BCUT2D eigenvalue weighted by Crippen LogP contribution is 2.68. The molecule has 2 aromatic carbocycles. The highest BCUT2D eigenvalue weighted by Gasteiger charge is 2.69. The molecule has 0 unspecified atom stereocenters. The van der Waals surface area contributed by atoms with Crippen LogP contribution in [0, 0.1) is 29.6 Å². The number of aromatic amines is 1. The van der Waals surface area contributed by atoms with Gasteiger partial charge in [-0.15, -0.1) is 11.8 Å². The first-order valence-electron chi connectivity index (χ1n) is 11.7. The van der Waals surface area contributed by atoms with E-state index in [-0.39, 0.29) is 39.5 Å². The number of fused-ring (bicyclic) bond motifs is 9. The van der Waals surface area contributed by atoms with Crippen LogP contribution >= 0.6 is 23.1 Å². The zero-order chi connectivity index (χ0) is 24.9. The molecular formula is C26H19F3N2O3S2. The number of carbonyl (C=O) groups is 2. The van der Waals surface area contributed by atoms with Crippen LogP contribution in [-0.4, -0.2) is 22.0 Å². The Bertz CT molecular complexity index is 1470. The summed E-state index contributed by atoms with van der Waals surface area (Å²) < 4.78 is 40.0. The van der Waals surface area contributed by atoms with E-state index in [0.29, 0.717) is 0 Å². The van der Waals surface area contributed by atoms with Gasteiger partial charge in [-0.1, -0.05) is 47.7 Å². The zero-order valence-electron chi connectivity index (χ0n) is 18.6. The number of thioether (sulfide) groups is 1. The average molecular weight is 529 g/mol. The van der Waals surface area contributed by atoms with E-state index in [1.807, 2.05) is 30.3 Å². The first-order chi connectivity index (χ1) is 17.2. The van der Waals surface area contributed by atoms with E-state index in [4.69, 9.17) is 0 Å².